The van der Waals surface area contributed by atoms with Crippen molar-refractivity contribution in [2.75, 3.05) is 7.11 Å². The predicted octanol–water partition coefficient (Wildman–Crippen LogP) is 4.71. The molecule has 0 aliphatic rings. The predicted molar refractivity (Wildman–Crippen MR) is 129 cm³/mol. The first-order valence-corrected chi connectivity index (χ1v) is 11.0. The van der Waals surface area contributed by atoms with E-state index in [1.165, 1.54) is 53.5 Å². The topological polar surface area (TPSA) is 141 Å². The minimum absolute atomic E-state index is 0.0284. The van der Waals surface area contributed by atoms with Crippen LogP contribution in [-0.4, -0.2) is 42.6 Å². The SMILES string of the molecule is COc1ccc2nc(-n3c(O)c(O)c(C(=O)c4ccccn4)c3-c3cccc([N+](=O)[O-])c3)sc2c1. The number of aromatic nitrogens is 3. The van der Waals surface area contributed by atoms with E-state index in [4.69, 9.17) is 4.74 Å². The average molecular weight is 488 g/mol. The van der Waals surface area contributed by atoms with Gasteiger partial charge in [-0.1, -0.05) is 29.5 Å². The van der Waals surface area contributed by atoms with Crippen LogP contribution in [0.3, 0.4) is 0 Å². The van der Waals surface area contributed by atoms with Gasteiger partial charge in [-0.05, 0) is 30.3 Å². The molecule has 5 aromatic rings. The quantitative estimate of drug-likeness (QED) is 0.199. The molecule has 0 fully saturated rings. The fraction of sp³-hybridized carbons (Fsp3) is 0.0417. The lowest BCUT2D eigenvalue weighted by molar-refractivity contribution is -0.384. The van der Waals surface area contributed by atoms with Crippen molar-refractivity contribution in [3.8, 4) is 33.8 Å². The highest BCUT2D eigenvalue weighted by atomic mass is 32.1. The van der Waals surface area contributed by atoms with Crippen molar-refractivity contribution >= 4 is 33.0 Å². The first kappa shape index (κ1) is 22.0. The smallest absolute Gasteiger partial charge is 0.270 e. The number of thiazole rings is 1. The second kappa shape index (κ2) is 8.54. The van der Waals surface area contributed by atoms with Crippen LogP contribution in [-0.2, 0) is 0 Å². The van der Waals surface area contributed by atoms with Gasteiger partial charge in [0.15, 0.2) is 10.9 Å². The highest BCUT2D eigenvalue weighted by Crippen LogP contribution is 2.45. The number of ether oxygens (including phenoxy) is 1. The summed E-state index contributed by atoms with van der Waals surface area (Å²) in [5, 5.41) is 33.5. The fourth-order valence-electron chi connectivity index (χ4n) is 3.73. The van der Waals surface area contributed by atoms with E-state index < -0.39 is 22.3 Å². The summed E-state index contributed by atoms with van der Waals surface area (Å²) in [5.74, 6) is -1.37. The number of nitrogens with zero attached hydrogens (tertiary/aromatic N) is 4. The standard InChI is InChI=1S/C24H16N4O6S/c1-34-15-8-9-16-18(12-15)35-24(26-16)27-20(13-5-4-6-14(11-13)28(32)33)19(22(30)23(27)31)21(29)17-7-2-3-10-25-17/h2-12,30-31H,1H3. The minimum atomic E-state index is -0.681. The van der Waals surface area contributed by atoms with Crippen molar-refractivity contribution < 1.29 is 24.7 Å². The van der Waals surface area contributed by atoms with E-state index in [2.05, 4.69) is 9.97 Å². The largest absolute Gasteiger partial charge is 0.503 e. The zero-order valence-corrected chi connectivity index (χ0v) is 18.9. The van der Waals surface area contributed by atoms with Crippen molar-refractivity contribution in [1.29, 1.82) is 0 Å². The number of nitro groups is 1. The Morgan fingerprint density at radius 3 is 2.66 bits per heavy atom. The van der Waals surface area contributed by atoms with Crippen LogP contribution in [0.5, 0.6) is 17.4 Å². The summed E-state index contributed by atoms with van der Waals surface area (Å²) in [5.41, 5.74) is 0.427. The number of rotatable bonds is 6. The number of hydrogen-bond donors (Lipinski definition) is 2. The maximum absolute atomic E-state index is 13.4. The Bertz CT molecular complexity index is 1610. The van der Waals surface area contributed by atoms with Gasteiger partial charge in [-0.3, -0.25) is 24.5 Å². The number of methoxy groups -OCH3 is 1. The number of pyridine rings is 1. The highest BCUT2D eigenvalue weighted by Gasteiger charge is 2.32. The van der Waals surface area contributed by atoms with Gasteiger partial charge in [-0.2, -0.15) is 0 Å². The van der Waals surface area contributed by atoms with Crippen molar-refractivity contribution in [2.24, 2.45) is 0 Å². The molecule has 3 aromatic heterocycles. The summed E-state index contributed by atoms with van der Waals surface area (Å²) >= 11 is 1.18. The zero-order valence-electron chi connectivity index (χ0n) is 18.1. The molecule has 3 heterocycles. The third-order valence-electron chi connectivity index (χ3n) is 5.35. The molecule has 0 atom stereocenters. The molecule has 174 valence electrons. The lowest BCUT2D eigenvalue weighted by atomic mass is 10.0. The van der Waals surface area contributed by atoms with E-state index in [1.54, 1.807) is 36.4 Å². The number of non-ortho nitro benzene ring substituents is 1. The molecule has 0 saturated carbocycles. The second-order valence-corrected chi connectivity index (χ2v) is 8.42. The number of carbonyl (C=O) groups is 1. The van der Waals surface area contributed by atoms with E-state index in [0.29, 0.717) is 11.3 Å². The molecule has 0 bridgehead atoms. The number of carbonyl (C=O) groups excluding carboxylic acids is 1. The Labute approximate surface area is 201 Å². The van der Waals surface area contributed by atoms with Gasteiger partial charge in [0.05, 0.1) is 33.5 Å². The van der Waals surface area contributed by atoms with Gasteiger partial charge in [0.25, 0.3) is 5.69 Å². The van der Waals surface area contributed by atoms with E-state index in [-0.39, 0.29) is 33.3 Å². The molecule has 5 rings (SSSR count). The van der Waals surface area contributed by atoms with Gasteiger partial charge in [0, 0.05) is 23.9 Å². The summed E-state index contributed by atoms with van der Waals surface area (Å²) in [6.45, 7) is 0. The number of benzene rings is 2. The van der Waals surface area contributed by atoms with Gasteiger partial charge in [0.1, 0.15) is 11.4 Å². The fourth-order valence-corrected chi connectivity index (χ4v) is 4.73. The first-order chi connectivity index (χ1) is 16.9. The Balaban J connectivity index is 1.82. The molecule has 0 unspecified atom stereocenters. The molecule has 0 aliphatic carbocycles. The van der Waals surface area contributed by atoms with Crippen LogP contribution in [0.2, 0.25) is 0 Å². The summed E-state index contributed by atoms with van der Waals surface area (Å²) in [4.78, 5) is 32.9. The van der Waals surface area contributed by atoms with Crippen molar-refractivity contribution in [3.05, 3.63) is 88.2 Å². The molecule has 0 saturated heterocycles. The Hall–Kier alpha value is -4.77. The van der Waals surface area contributed by atoms with Gasteiger partial charge < -0.3 is 14.9 Å². The number of aromatic hydroxyl groups is 2. The monoisotopic (exact) mass is 488 g/mol. The van der Waals surface area contributed by atoms with E-state index in [0.717, 1.165) is 4.70 Å². The molecule has 0 aliphatic heterocycles. The molecule has 11 heteroatoms. The Morgan fingerprint density at radius 1 is 1.11 bits per heavy atom. The van der Waals surface area contributed by atoms with Gasteiger partial charge in [-0.15, -0.1) is 0 Å². The molecular formula is C24H16N4O6S. The third kappa shape index (κ3) is 3.73. The number of hydrogen-bond acceptors (Lipinski definition) is 9. The molecule has 2 N–H and O–H groups in total. The molecule has 35 heavy (non-hydrogen) atoms. The Morgan fingerprint density at radius 2 is 1.94 bits per heavy atom. The summed E-state index contributed by atoms with van der Waals surface area (Å²) < 4.78 is 7.20. The first-order valence-electron chi connectivity index (χ1n) is 10.2. The maximum atomic E-state index is 13.4. The van der Waals surface area contributed by atoms with Crippen molar-refractivity contribution in [3.63, 3.8) is 0 Å². The third-order valence-corrected chi connectivity index (χ3v) is 6.35. The summed E-state index contributed by atoms with van der Waals surface area (Å²) in [7, 11) is 1.54. The van der Waals surface area contributed by atoms with Crippen LogP contribution in [0.4, 0.5) is 5.69 Å². The molecule has 10 nitrogen and oxygen atoms in total. The molecule has 2 aromatic carbocycles. The summed E-state index contributed by atoms with van der Waals surface area (Å²) in [6, 6.07) is 15.5. The van der Waals surface area contributed by atoms with E-state index in [9.17, 15) is 25.1 Å². The van der Waals surface area contributed by atoms with Crippen LogP contribution >= 0.6 is 11.3 Å². The van der Waals surface area contributed by atoms with Crippen LogP contribution in [0.15, 0.2) is 66.9 Å². The van der Waals surface area contributed by atoms with Gasteiger partial charge >= 0.3 is 0 Å². The van der Waals surface area contributed by atoms with E-state index in [1.807, 2.05) is 0 Å². The second-order valence-electron chi connectivity index (χ2n) is 7.41. The van der Waals surface area contributed by atoms with E-state index >= 15 is 0 Å². The van der Waals surface area contributed by atoms with Crippen LogP contribution in [0.1, 0.15) is 16.1 Å². The number of fused-ring (bicyclic) bond motifs is 1. The van der Waals surface area contributed by atoms with Crippen molar-refractivity contribution in [2.45, 2.75) is 0 Å². The van der Waals surface area contributed by atoms with Crippen LogP contribution in [0, 0.1) is 10.1 Å². The zero-order chi connectivity index (χ0) is 24.7. The Kier molecular flexibility index (Phi) is 5.38. The minimum Gasteiger partial charge on any atom is -0.503 e. The number of nitro benzene ring substituents is 1. The highest BCUT2D eigenvalue weighted by molar-refractivity contribution is 7.20. The molecule has 0 radical (unpaired) electrons. The molecule has 0 spiro atoms. The summed E-state index contributed by atoms with van der Waals surface area (Å²) in [6.07, 6.45) is 1.43. The molecular weight excluding hydrogens is 472 g/mol. The van der Waals surface area contributed by atoms with Crippen LogP contribution in [0.25, 0.3) is 26.6 Å². The lowest BCUT2D eigenvalue weighted by Crippen LogP contribution is -2.06. The van der Waals surface area contributed by atoms with Gasteiger partial charge in [-0.25, -0.2) is 4.98 Å². The lowest BCUT2D eigenvalue weighted by Gasteiger charge is -2.09. The van der Waals surface area contributed by atoms with Crippen LogP contribution < -0.4 is 4.74 Å². The molecule has 0 amide bonds. The van der Waals surface area contributed by atoms with Crippen molar-refractivity contribution in [1.82, 2.24) is 14.5 Å². The normalized spacial score (nSPS) is 11.0. The number of ketones is 1. The maximum Gasteiger partial charge on any atom is 0.270 e. The average Bonchev–Trinajstić information content (AvgIpc) is 3.41. The van der Waals surface area contributed by atoms with Gasteiger partial charge in [0.2, 0.25) is 11.7 Å².